The van der Waals surface area contributed by atoms with Crippen molar-refractivity contribution in [2.75, 3.05) is 7.11 Å². The number of hydrogen-bond donors (Lipinski definition) is 1. The Morgan fingerprint density at radius 1 is 1.40 bits per heavy atom. The molecule has 0 aliphatic carbocycles. The number of methoxy groups -OCH3 is 1. The molecule has 112 valence electrons. The second-order valence-corrected chi connectivity index (χ2v) is 5.73. The standard InChI is InChI=1S/C14H24N4O2/c1-10(2)8-11(14(19)20-3)15-9-13-17-16-12-6-4-5-7-18(12)13/h10-11,15H,4-9H2,1-3H3. The van der Waals surface area contributed by atoms with E-state index in [2.05, 4.69) is 33.9 Å². The van der Waals surface area contributed by atoms with E-state index in [0.29, 0.717) is 12.5 Å². The predicted octanol–water partition coefficient (Wildman–Crippen LogP) is 1.29. The number of hydrogen-bond acceptors (Lipinski definition) is 5. The SMILES string of the molecule is COC(=O)C(CC(C)C)NCc1nnc2n1CCCC2. The van der Waals surface area contributed by atoms with Crippen LogP contribution in [0, 0.1) is 5.92 Å². The van der Waals surface area contributed by atoms with E-state index in [-0.39, 0.29) is 12.0 Å². The first-order valence-corrected chi connectivity index (χ1v) is 7.34. The minimum atomic E-state index is -0.281. The average Bonchev–Trinajstić information content (AvgIpc) is 2.85. The van der Waals surface area contributed by atoms with Crippen molar-refractivity contribution in [1.82, 2.24) is 20.1 Å². The number of aryl methyl sites for hydroxylation is 1. The van der Waals surface area contributed by atoms with Gasteiger partial charge in [-0.2, -0.15) is 0 Å². The van der Waals surface area contributed by atoms with Gasteiger partial charge in [-0.15, -0.1) is 10.2 Å². The monoisotopic (exact) mass is 280 g/mol. The molecule has 0 saturated carbocycles. The number of nitrogens with one attached hydrogen (secondary N) is 1. The lowest BCUT2D eigenvalue weighted by atomic mass is 10.0. The molecule has 2 rings (SSSR count). The Bertz CT molecular complexity index is 456. The van der Waals surface area contributed by atoms with Crippen molar-refractivity contribution in [3.63, 3.8) is 0 Å². The Morgan fingerprint density at radius 3 is 2.90 bits per heavy atom. The van der Waals surface area contributed by atoms with Gasteiger partial charge in [0.25, 0.3) is 0 Å². The quantitative estimate of drug-likeness (QED) is 0.795. The molecule has 6 heteroatoms. The molecule has 6 nitrogen and oxygen atoms in total. The van der Waals surface area contributed by atoms with Gasteiger partial charge in [-0.05, 0) is 25.2 Å². The van der Waals surface area contributed by atoms with Gasteiger partial charge in [-0.1, -0.05) is 13.8 Å². The third-order valence-electron chi connectivity index (χ3n) is 3.64. The Morgan fingerprint density at radius 2 is 2.20 bits per heavy atom. The van der Waals surface area contributed by atoms with E-state index in [1.54, 1.807) is 0 Å². The van der Waals surface area contributed by atoms with Crippen LogP contribution >= 0.6 is 0 Å². The van der Waals surface area contributed by atoms with Crippen LogP contribution in [0.15, 0.2) is 0 Å². The molecule has 1 aliphatic heterocycles. The maximum Gasteiger partial charge on any atom is 0.322 e. The highest BCUT2D eigenvalue weighted by Crippen LogP contribution is 2.14. The Kier molecular flexibility index (Phi) is 5.11. The molecule has 2 heterocycles. The number of ether oxygens (including phenoxy) is 1. The molecule has 0 radical (unpaired) electrons. The van der Waals surface area contributed by atoms with Gasteiger partial charge in [0.2, 0.25) is 0 Å². The molecule has 1 aromatic heterocycles. The molecule has 1 unspecified atom stereocenters. The number of nitrogens with zero attached hydrogens (tertiary/aromatic N) is 3. The van der Waals surface area contributed by atoms with Crippen LogP contribution in [0.4, 0.5) is 0 Å². The fourth-order valence-corrected chi connectivity index (χ4v) is 2.59. The van der Waals surface area contributed by atoms with Crippen LogP contribution in [-0.4, -0.2) is 33.9 Å². The van der Waals surface area contributed by atoms with Gasteiger partial charge in [0.15, 0.2) is 0 Å². The van der Waals surface area contributed by atoms with Crippen LogP contribution in [-0.2, 0) is 29.0 Å². The van der Waals surface area contributed by atoms with E-state index < -0.39 is 0 Å². The van der Waals surface area contributed by atoms with Crippen LogP contribution in [0.1, 0.15) is 44.8 Å². The summed E-state index contributed by atoms with van der Waals surface area (Å²) in [6.07, 6.45) is 4.11. The minimum Gasteiger partial charge on any atom is -0.468 e. The van der Waals surface area contributed by atoms with Crippen LogP contribution in [0.2, 0.25) is 0 Å². The summed E-state index contributed by atoms with van der Waals surface area (Å²) in [5.74, 6) is 2.19. The third-order valence-corrected chi connectivity index (χ3v) is 3.64. The highest BCUT2D eigenvalue weighted by molar-refractivity contribution is 5.75. The van der Waals surface area contributed by atoms with Gasteiger partial charge in [0.05, 0.1) is 13.7 Å². The number of carbonyl (C=O) groups excluding carboxylic acids is 1. The first-order valence-electron chi connectivity index (χ1n) is 7.34. The van der Waals surface area contributed by atoms with Crippen LogP contribution in [0.3, 0.4) is 0 Å². The largest absolute Gasteiger partial charge is 0.468 e. The van der Waals surface area contributed by atoms with Crippen molar-refractivity contribution < 1.29 is 9.53 Å². The second-order valence-electron chi connectivity index (χ2n) is 5.73. The molecule has 0 bridgehead atoms. The van der Waals surface area contributed by atoms with Gasteiger partial charge in [-0.25, -0.2) is 0 Å². The lowest BCUT2D eigenvalue weighted by molar-refractivity contribution is -0.143. The fraction of sp³-hybridized carbons (Fsp3) is 0.786. The smallest absolute Gasteiger partial charge is 0.322 e. The lowest BCUT2D eigenvalue weighted by Gasteiger charge is -2.19. The number of esters is 1. The number of aromatic nitrogens is 3. The number of rotatable bonds is 6. The maximum atomic E-state index is 11.8. The maximum absolute atomic E-state index is 11.8. The first-order chi connectivity index (χ1) is 9.61. The molecule has 0 aromatic carbocycles. The molecule has 20 heavy (non-hydrogen) atoms. The van der Waals surface area contributed by atoms with E-state index in [4.69, 9.17) is 4.74 Å². The summed E-state index contributed by atoms with van der Waals surface area (Å²) in [5.41, 5.74) is 0. The third kappa shape index (κ3) is 3.56. The summed E-state index contributed by atoms with van der Waals surface area (Å²) in [6, 6.07) is -0.281. The summed E-state index contributed by atoms with van der Waals surface area (Å²) in [6.45, 7) is 5.72. The molecule has 1 aromatic rings. The molecule has 0 amide bonds. The Balaban J connectivity index is 1.98. The van der Waals surface area contributed by atoms with E-state index in [0.717, 1.165) is 31.0 Å². The van der Waals surface area contributed by atoms with Gasteiger partial charge < -0.3 is 9.30 Å². The Hall–Kier alpha value is -1.43. The molecule has 1 atom stereocenters. The van der Waals surface area contributed by atoms with Crippen molar-refractivity contribution in [2.24, 2.45) is 5.92 Å². The molecular formula is C14H24N4O2. The normalized spacial score (nSPS) is 16.0. The lowest BCUT2D eigenvalue weighted by Crippen LogP contribution is -2.39. The Labute approximate surface area is 119 Å². The highest BCUT2D eigenvalue weighted by atomic mass is 16.5. The van der Waals surface area contributed by atoms with E-state index in [9.17, 15) is 4.79 Å². The molecule has 1 aliphatic rings. The van der Waals surface area contributed by atoms with Crippen molar-refractivity contribution >= 4 is 5.97 Å². The predicted molar refractivity (Wildman–Crippen MR) is 75.1 cm³/mol. The van der Waals surface area contributed by atoms with Crippen LogP contribution < -0.4 is 5.32 Å². The molecule has 0 spiro atoms. The summed E-state index contributed by atoms with van der Waals surface area (Å²) in [4.78, 5) is 11.8. The van der Waals surface area contributed by atoms with Gasteiger partial charge in [-0.3, -0.25) is 10.1 Å². The van der Waals surface area contributed by atoms with Crippen LogP contribution in [0.5, 0.6) is 0 Å². The van der Waals surface area contributed by atoms with Crippen LogP contribution in [0.25, 0.3) is 0 Å². The second kappa shape index (κ2) is 6.83. The van der Waals surface area contributed by atoms with Gasteiger partial charge >= 0.3 is 5.97 Å². The van der Waals surface area contributed by atoms with Gasteiger partial charge in [0.1, 0.15) is 17.7 Å². The van der Waals surface area contributed by atoms with Crippen molar-refractivity contribution in [3.05, 3.63) is 11.6 Å². The summed E-state index contributed by atoms with van der Waals surface area (Å²) >= 11 is 0. The van der Waals surface area contributed by atoms with Gasteiger partial charge in [0, 0.05) is 13.0 Å². The molecule has 1 N–H and O–H groups in total. The minimum absolute atomic E-state index is 0.211. The zero-order valence-corrected chi connectivity index (χ0v) is 12.6. The fourth-order valence-electron chi connectivity index (χ4n) is 2.59. The van der Waals surface area contributed by atoms with E-state index in [1.807, 2.05) is 0 Å². The highest BCUT2D eigenvalue weighted by Gasteiger charge is 2.22. The zero-order chi connectivity index (χ0) is 14.5. The molecule has 0 fully saturated rings. The van der Waals surface area contributed by atoms with E-state index >= 15 is 0 Å². The number of fused-ring (bicyclic) bond motifs is 1. The van der Waals surface area contributed by atoms with Crippen molar-refractivity contribution in [2.45, 2.75) is 58.7 Å². The van der Waals surface area contributed by atoms with Crippen molar-refractivity contribution in [1.29, 1.82) is 0 Å². The first kappa shape index (κ1) is 15.0. The van der Waals surface area contributed by atoms with Crippen molar-refractivity contribution in [3.8, 4) is 0 Å². The van der Waals surface area contributed by atoms with E-state index in [1.165, 1.54) is 20.0 Å². The average molecular weight is 280 g/mol. The molecular weight excluding hydrogens is 256 g/mol. The summed E-state index contributed by atoms with van der Waals surface area (Å²) in [5, 5.41) is 11.7. The summed E-state index contributed by atoms with van der Waals surface area (Å²) in [7, 11) is 1.43. The zero-order valence-electron chi connectivity index (χ0n) is 12.6. The molecule has 0 saturated heterocycles. The summed E-state index contributed by atoms with van der Waals surface area (Å²) < 4.78 is 7.02. The number of carbonyl (C=O) groups is 1. The topological polar surface area (TPSA) is 69.0 Å².